The monoisotopic (exact) mass is 505 g/mol. The molecule has 7 nitrogen and oxygen atoms in total. The fraction of sp³-hybridized carbons (Fsp3) is 0.227. The van der Waals surface area contributed by atoms with Crippen LogP contribution in [-0.4, -0.2) is 40.3 Å². The number of carbonyl (C=O) groups excluding carboxylic acids is 2. The van der Waals surface area contributed by atoms with Crippen molar-refractivity contribution in [3.8, 4) is 11.5 Å². The van der Waals surface area contributed by atoms with Crippen LogP contribution in [0.2, 0.25) is 0 Å². The van der Waals surface area contributed by atoms with E-state index in [4.69, 9.17) is 14.6 Å². The van der Waals surface area contributed by atoms with Crippen LogP contribution in [0.3, 0.4) is 0 Å². The first-order valence-corrected chi connectivity index (χ1v) is 10.9. The molecule has 0 aliphatic carbocycles. The summed E-state index contributed by atoms with van der Waals surface area (Å²) in [6.45, 7) is 3.79. The van der Waals surface area contributed by atoms with Crippen LogP contribution in [0.15, 0.2) is 45.8 Å². The van der Waals surface area contributed by atoms with E-state index in [9.17, 15) is 14.4 Å². The second-order valence-corrected chi connectivity index (χ2v) is 8.82. The summed E-state index contributed by atoms with van der Waals surface area (Å²) in [6, 6.07) is 9.68. The number of thioether (sulfide) groups is 1. The molecule has 2 aromatic rings. The molecule has 1 fully saturated rings. The van der Waals surface area contributed by atoms with Gasteiger partial charge in [0.15, 0.2) is 11.5 Å². The van der Waals surface area contributed by atoms with Crippen LogP contribution >= 0.6 is 27.7 Å². The molecule has 0 aromatic heterocycles. The summed E-state index contributed by atoms with van der Waals surface area (Å²) in [5.74, 6) is -0.382. The first kappa shape index (κ1) is 22.9. The highest BCUT2D eigenvalue weighted by atomic mass is 79.9. The average Bonchev–Trinajstić information content (AvgIpc) is 3.00. The van der Waals surface area contributed by atoms with Gasteiger partial charge < -0.3 is 14.6 Å². The number of aromatic carboxylic acids is 1. The third-order valence-electron chi connectivity index (χ3n) is 4.47. The molecule has 1 saturated heterocycles. The molecule has 1 N–H and O–H groups in total. The minimum Gasteiger partial charge on any atom is -0.493 e. The van der Waals surface area contributed by atoms with Crippen molar-refractivity contribution in [1.82, 2.24) is 4.90 Å². The number of carbonyl (C=O) groups is 3. The molecule has 1 aliphatic rings. The summed E-state index contributed by atoms with van der Waals surface area (Å²) in [5.41, 5.74) is 1.68. The van der Waals surface area contributed by atoms with Gasteiger partial charge in [-0.3, -0.25) is 14.5 Å². The predicted octanol–water partition coefficient (Wildman–Crippen LogP) is 5.18. The number of halogens is 1. The first-order valence-electron chi connectivity index (χ1n) is 9.31. The third kappa shape index (κ3) is 5.11. The van der Waals surface area contributed by atoms with Gasteiger partial charge in [0.25, 0.3) is 11.1 Å². The highest BCUT2D eigenvalue weighted by Gasteiger charge is 2.36. The molecule has 0 spiro atoms. The minimum atomic E-state index is -0.987. The van der Waals surface area contributed by atoms with Crippen molar-refractivity contribution >= 4 is 50.9 Å². The number of hydrogen-bond donors (Lipinski definition) is 1. The van der Waals surface area contributed by atoms with E-state index in [2.05, 4.69) is 15.9 Å². The van der Waals surface area contributed by atoms with Crippen molar-refractivity contribution in [3.05, 3.63) is 62.5 Å². The van der Waals surface area contributed by atoms with Gasteiger partial charge in [-0.25, -0.2) is 4.79 Å². The van der Waals surface area contributed by atoms with Crippen molar-refractivity contribution in [1.29, 1.82) is 0 Å². The number of ether oxygens (including phenoxy) is 2. The van der Waals surface area contributed by atoms with Crippen LogP contribution in [0.5, 0.6) is 11.5 Å². The van der Waals surface area contributed by atoms with Crippen molar-refractivity contribution in [2.75, 3.05) is 7.11 Å². The van der Waals surface area contributed by atoms with Gasteiger partial charge in [0.2, 0.25) is 0 Å². The number of imide groups is 1. The van der Waals surface area contributed by atoms with Crippen molar-refractivity contribution in [2.24, 2.45) is 0 Å². The summed E-state index contributed by atoms with van der Waals surface area (Å²) in [4.78, 5) is 37.1. The van der Waals surface area contributed by atoms with Crippen LogP contribution in [0.25, 0.3) is 6.08 Å². The van der Waals surface area contributed by atoms with E-state index in [1.54, 1.807) is 44.2 Å². The Labute approximate surface area is 192 Å². The van der Waals surface area contributed by atoms with Crippen molar-refractivity contribution in [2.45, 2.75) is 26.5 Å². The smallest absolute Gasteiger partial charge is 0.335 e. The summed E-state index contributed by atoms with van der Waals surface area (Å²) in [5, 5.41) is 8.70. The molecule has 1 heterocycles. The first-order chi connectivity index (χ1) is 14.7. The van der Waals surface area contributed by atoms with Crippen LogP contribution in [0.1, 0.15) is 35.3 Å². The zero-order chi connectivity index (χ0) is 22.7. The number of hydrogen-bond acceptors (Lipinski definition) is 6. The Bertz CT molecular complexity index is 1060. The molecule has 2 amide bonds. The molecular weight excluding hydrogens is 486 g/mol. The quantitative estimate of drug-likeness (QED) is 0.518. The summed E-state index contributed by atoms with van der Waals surface area (Å²) in [7, 11) is 1.51. The van der Waals surface area contributed by atoms with Crippen LogP contribution in [0.4, 0.5) is 4.79 Å². The van der Waals surface area contributed by atoms with Crippen molar-refractivity contribution < 1.29 is 29.0 Å². The molecular formula is C22H20BrNO6S. The maximum Gasteiger partial charge on any atom is 0.335 e. The normalized spacial score (nSPS) is 15.1. The molecule has 1 aliphatic heterocycles. The predicted molar refractivity (Wildman–Crippen MR) is 121 cm³/mol. The standard InChI is InChI=1S/C22H20BrNO6S/c1-12(2)24-20(25)18(31-22(24)28)10-14-8-16(23)19(17(9-14)29-3)30-11-13-4-6-15(7-5-13)21(26)27/h4-10,12H,11H2,1-3H3,(H,26,27)/b18-10+. The van der Waals surface area contributed by atoms with Gasteiger partial charge in [-0.1, -0.05) is 12.1 Å². The minimum absolute atomic E-state index is 0.203. The van der Waals surface area contributed by atoms with Gasteiger partial charge >= 0.3 is 5.97 Å². The summed E-state index contributed by atoms with van der Waals surface area (Å²) < 4.78 is 11.9. The van der Waals surface area contributed by atoms with Crippen LogP contribution < -0.4 is 9.47 Å². The lowest BCUT2D eigenvalue weighted by molar-refractivity contribution is -0.123. The highest BCUT2D eigenvalue weighted by Crippen LogP contribution is 2.39. The Kier molecular flexibility index (Phi) is 7.07. The molecule has 3 rings (SSSR count). The fourth-order valence-electron chi connectivity index (χ4n) is 2.94. The number of methoxy groups -OCH3 is 1. The Morgan fingerprint density at radius 2 is 1.90 bits per heavy atom. The lowest BCUT2D eigenvalue weighted by Crippen LogP contribution is -2.34. The second-order valence-electron chi connectivity index (χ2n) is 6.97. The van der Waals surface area contributed by atoms with E-state index >= 15 is 0 Å². The summed E-state index contributed by atoms with van der Waals surface area (Å²) in [6.07, 6.45) is 1.65. The molecule has 0 bridgehead atoms. The van der Waals surface area contributed by atoms with E-state index in [1.807, 2.05) is 0 Å². The number of rotatable bonds is 7. The molecule has 2 aromatic carbocycles. The molecule has 0 saturated carbocycles. The maximum atomic E-state index is 12.5. The van der Waals surface area contributed by atoms with E-state index in [0.29, 0.717) is 26.4 Å². The van der Waals surface area contributed by atoms with E-state index in [-0.39, 0.29) is 29.4 Å². The average molecular weight is 506 g/mol. The third-order valence-corrected chi connectivity index (χ3v) is 5.95. The molecule has 0 unspecified atom stereocenters. The van der Waals surface area contributed by atoms with E-state index in [0.717, 1.165) is 17.3 Å². The highest BCUT2D eigenvalue weighted by molar-refractivity contribution is 9.10. The van der Waals surface area contributed by atoms with Gasteiger partial charge in [0, 0.05) is 6.04 Å². The fourth-order valence-corrected chi connectivity index (χ4v) is 4.47. The van der Waals surface area contributed by atoms with Crippen LogP contribution in [0, 0.1) is 0 Å². The maximum absolute atomic E-state index is 12.5. The molecule has 31 heavy (non-hydrogen) atoms. The second kappa shape index (κ2) is 9.57. The Morgan fingerprint density at radius 3 is 2.45 bits per heavy atom. The molecule has 0 atom stereocenters. The summed E-state index contributed by atoms with van der Waals surface area (Å²) >= 11 is 4.38. The number of benzene rings is 2. The molecule has 9 heteroatoms. The topological polar surface area (TPSA) is 93.1 Å². The lowest BCUT2D eigenvalue weighted by atomic mass is 10.1. The Morgan fingerprint density at radius 1 is 1.23 bits per heavy atom. The number of nitrogens with zero attached hydrogens (tertiary/aromatic N) is 1. The zero-order valence-corrected chi connectivity index (χ0v) is 19.5. The number of amides is 2. The van der Waals surface area contributed by atoms with Crippen LogP contribution in [-0.2, 0) is 11.4 Å². The SMILES string of the molecule is COc1cc(/C=C2/SC(=O)N(C(C)C)C2=O)cc(Br)c1OCc1ccc(C(=O)O)cc1. The molecule has 0 radical (unpaired) electrons. The molecule has 162 valence electrons. The van der Waals surface area contributed by atoms with Gasteiger partial charge in [0.05, 0.1) is 22.1 Å². The van der Waals surface area contributed by atoms with Gasteiger partial charge in [-0.2, -0.15) is 0 Å². The lowest BCUT2D eigenvalue weighted by Gasteiger charge is -2.16. The zero-order valence-electron chi connectivity index (χ0n) is 17.0. The number of carboxylic acid groups (broad SMARTS) is 1. The van der Waals surface area contributed by atoms with E-state index < -0.39 is 5.97 Å². The van der Waals surface area contributed by atoms with Gasteiger partial charge in [-0.15, -0.1) is 0 Å². The Hall–Kier alpha value is -2.78. The van der Waals surface area contributed by atoms with Gasteiger partial charge in [-0.05, 0) is 83.0 Å². The van der Waals surface area contributed by atoms with Crippen molar-refractivity contribution in [3.63, 3.8) is 0 Å². The van der Waals surface area contributed by atoms with Gasteiger partial charge in [0.1, 0.15) is 6.61 Å². The Balaban J connectivity index is 1.81. The van der Waals surface area contributed by atoms with E-state index in [1.165, 1.54) is 24.1 Å². The largest absolute Gasteiger partial charge is 0.493 e. The number of carboxylic acids is 1.